The predicted molar refractivity (Wildman–Crippen MR) is 131 cm³/mol. The Labute approximate surface area is 201 Å². The van der Waals surface area contributed by atoms with E-state index in [-0.39, 0.29) is 13.0 Å². The van der Waals surface area contributed by atoms with Gasteiger partial charge in [0.1, 0.15) is 0 Å². The number of hydrogen-bond acceptors (Lipinski definition) is 5. The van der Waals surface area contributed by atoms with Gasteiger partial charge in [-0.2, -0.15) is 0 Å². The zero-order valence-corrected chi connectivity index (χ0v) is 18.8. The number of carbonyl (C=O) groups is 2. The molecule has 8 nitrogen and oxygen atoms in total. The van der Waals surface area contributed by atoms with Crippen LogP contribution in [0.25, 0.3) is 0 Å². The van der Waals surface area contributed by atoms with Crippen LogP contribution in [0.3, 0.4) is 0 Å². The van der Waals surface area contributed by atoms with Gasteiger partial charge in [-0.15, -0.1) is 0 Å². The molecule has 0 bridgehead atoms. The first-order chi connectivity index (χ1) is 16.4. The molecule has 174 valence electrons. The van der Waals surface area contributed by atoms with Crippen molar-refractivity contribution < 1.29 is 19.8 Å². The summed E-state index contributed by atoms with van der Waals surface area (Å²) in [6, 6.07) is 22.5. The highest BCUT2D eigenvalue weighted by Gasteiger charge is 2.33. The highest BCUT2D eigenvalue weighted by Crippen LogP contribution is 2.28. The van der Waals surface area contributed by atoms with Gasteiger partial charge in [-0.3, -0.25) is 4.79 Å². The molecule has 9 heteroatoms. The van der Waals surface area contributed by atoms with Crippen LogP contribution >= 0.6 is 11.6 Å². The monoisotopic (exact) mass is 478 g/mol. The third kappa shape index (κ3) is 5.43. The summed E-state index contributed by atoms with van der Waals surface area (Å²) in [4.78, 5) is 32.3. The Morgan fingerprint density at radius 2 is 1.68 bits per heavy atom. The smallest absolute Gasteiger partial charge is 0.321 e. The first kappa shape index (κ1) is 23.4. The van der Waals surface area contributed by atoms with Crippen LogP contribution in [0.1, 0.15) is 17.5 Å². The molecule has 4 rings (SSSR count). The van der Waals surface area contributed by atoms with Crippen LogP contribution in [0, 0.1) is 0 Å². The summed E-state index contributed by atoms with van der Waals surface area (Å²) in [7, 11) is 0. The molecule has 3 amide bonds. The molecular formula is C25H23ClN4O4. The predicted octanol–water partition coefficient (Wildman–Crippen LogP) is 3.37. The average molecular weight is 479 g/mol. The number of hydrogen-bond donors (Lipinski definition) is 4. The van der Waals surface area contributed by atoms with Crippen LogP contribution in [-0.2, 0) is 4.79 Å². The molecule has 1 atom stereocenters. The molecule has 1 aliphatic heterocycles. The first-order valence-electron chi connectivity index (χ1n) is 10.7. The maximum Gasteiger partial charge on any atom is 0.321 e. The normalized spacial score (nSPS) is 15.4. The molecule has 34 heavy (non-hydrogen) atoms. The van der Waals surface area contributed by atoms with Crippen molar-refractivity contribution in [2.24, 2.45) is 4.99 Å². The van der Waals surface area contributed by atoms with Crippen LogP contribution in [0.5, 0.6) is 0 Å². The van der Waals surface area contributed by atoms with Gasteiger partial charge in [0.2, 0.25) is 6.17 Å². The fourth-order valence-electron chi connectivity index (χ4n) is 3.65. The number of amides is 3. The van der Waals surface area contributed by atoms with Crippen LogP contribution in [0.2, 0.25) is 5.02 Å². The second-order valence-electron chi connectivity index (χ2n) is 7.63. The fraction of sp³-hybridized carbons (Fsp3) is 0.160. The highest BCUT2D eigenvalue weighted by atomic mass is 35.5. The quantitative estimate of drug-likeness (QED) is 0.407. The summed E-state index contributed by atoms with van der Waals surface area (Å²) in [5, 5.41) is 24.7. The van der Waals surface area contributed by atoms with Crippen molar-refractivity contribution in [3.05, 3.63) is 95.0 Å². The molecule has 1 heterocycles. The van der Waals surface area contributed by atoms with Gasteiger partial charge in [0.15, 0.2) is 6.29 Å². The van der Waals surface area contributed by atoms with E-state index in [2.05, 4.69) is 15.6 Å². The summed E-state index contributed by atoms with van der Waals surface area (Å²) < 4.78 is 0. The van der Waals surface area contributed by atoms with Gasteiger partial charge < -0.3 is 25.7 Å². The number of nitrogens with zero attached hydrogens (tertiary/aromatic N) is 2. The molecule has 1 unspecified atom stereocenters. The van der Waals surface area contributed by atoms with Crippen molar-refractivity contribution >= 4 is 40.6 Å². The maximum absolute atomic E-state index is 13.5. The second-order valence-corrected chi connectivity index (χ2v) is 8.06. The lowest BCUT2D eigenvalue weighted by molar-refractivity contribution is -0.120. The number of rotatable bonds is 6. The third-order valence-electron chi connectivity index (χ3n) is 5.24. The number of carbonyl (C=O) groups excluding carboxylic acids is 2. The van der Waals surface area contributed by atoms with Gasteiger partial charge in [-0.1, -0.05) is 60.1 Å². The summed E-state index contributed by atoms with van der Waals surface area (Å²) in [5.74, 6) is -0.495. The van der Waals surface area contributed by atoms with E-state index in [4.69, 9.17) is 11.6 Å². The largest absolute Gasteiger partial charge is 0.368 e. The third-order valence-corrected chi connectivity index (χ3v) is 5.49. The minimum Gasteiger partial charge on any atom is -0.368 e. The Morgan fingerprint density at radius 3 is 2.38 bits per heavy atom. The number of para-hydroxylation sites is 1. The van der Waals surface area contributed by atoms with Crippen molar-refractivity contribution in [2.45, 2.75) is 18.9 Å². The minimum absolute atomic E-state index is 0.0298. The van der Waals surface area contributed by atoms with E-state index in [1.54, 1.807) is 36.4 Å². The summed E-state index contributed by atoms with van der Waals surface area (Å²) in [6.07, 6.45) is -2.90. The number of aliphatic hydroxyl groups excluding tert-OH is 1. The van der Waals surface area contributed by atoms with E-state index in [9.17, 15) is 19.8 Å². The highest BCUT2D eigenvalue weighted by molar-refractivity contribution is 6.30. The lowest BCUT2D eigenvalue weighted by atomic mass is 10.0. The number of benzodiazepines with no additional fused rings is 1. The number of benzene rings is 3. The Bertz CT molecular complexity index is 1200. The summed E-state index contributed by atoms with van der Waals surface area (Å²) in [6.45, 7) is 0.0298. The van der Waals surface area contributed by atoms with E-state index in [1.165, 1.54) is 4.90 Å². The van der Waals surface area contributed by atoms with Gasteiger partial charge in [0.25, 0.3) is 5.91 Å². The Kier molecular flexibility index (Phi) is 7.22. The molecule has 0 aliphatic carbocycles. The standard InChI is InChI=1S/C25H23ClN4O4/c26-17-10-12-18(13-11-17)27-25(34)29-23-24(33)30(15-14-21(31)32)20-9-5-4-8-19(20)22(28-23)16-6-2-1-3-7-16/h1-13,21,23,31-32H,14-15H2,(H2,27,29,34). The van der Waals surface area contributed by atoms with Crippen molar-refractivity contribution in [3.63, 3.8) is 0 Å². The second kappa shape index (κ2) is 10.5. The number of urea groups is 1. The molecule has 0 radical (unpaired) electrons. The molecule has 3 aromatic carbocycles. The fourth-order valence-corrected chi connectivity index (χ4v) is 3.78. The van der Waals surface area contributed by atoms with Crippen molar-refractivity contribution in [2.75, 3.05) is 16.8 Å². The van der Waals surface area contributed by atoms with Gasteiger partial charge in [0.05, 0.1) is 11.4 Å². The molecule has 0 spiro atoms. The van der Waals surface area contributed by atoms with E-state index in [0.29, 0.717) is 27.7 Å². The Hall–Kier alpha value is -3.72. The number of nitrogens with one attached hydrogen (secondary N) is 2. The van der Waals surface area contributed by atoms with Crippen molar-refractivity contribution in [3.8, 4) is 0 Å². The number of anilines is 2. The molecule has 0 aromatic heterocycles. The van der Waals surface area contributed by atoms with Crippen LogP contribution < -0.4 is 15.5 Å². The zero-order chi connectivity index (χ0) is 24.1. The molecule has 4 N–H and O–H groups in total. The molecular weight excluding hydrogens is 456 g/mol. The van der Waals surface area contributed by atoms with E-state index in [1.807, 2.05) is 42.5 Å². The van der Waals surface area contributed by atoms with Crippen LogP contribution in [-0.4, -0.2) is 46.9 Å². The maximum atomic E-state index is 13.5. The van der Waals surface area contributed by atoms with Gasteiger partial charge in [-0.25, -0.2) is 9.79 Å². The topological polar surface area (TPSA) is 114 Å². The molecule has 0 saturated carbocycles. The lowest BCUT2D eigenvalue weighted by Gasteiger charge is -2.25. The lowest BCUT2D eigenvalue weighted by Crippen LogP contribution is -2.49. The summed E-state index contributed by atoms with van der Waals surface area (Å²) in [5.41, 5.74) is 3.07. The van der Waals surface area contributed by atoms with Crippen molar-refractivity contribution in [1.29, 1.82) is 0 Å². The molecule has 0 saturated heterocycles. The van der Waals surface area contributed by atoms with Gasteiger partial charge >= 0.3 is 6.03 Å². The van der Waals surface area contributed by atoms with Gasteiger partial charge in [0, 0.05) is 34.8 Å². The molecule has 3 aromatic rings. The number of halogens is 1. The Morgan fingerprint density at radius 1 is 1.00 bits per heavy atom. The van der Waals surface area contributed by atoms with E-state index in [0.717, 1.165) is 5.56 Å². The minimum atomic E-state index is -1.59. The number of fused-ring (bicyclic) bond motifs is 1. The number of aliphatic imine (C=N–C) groups is 1. The average Bonchev–Trinajstić information content (AvgIpc) is 2.94. The Balaban J connectivity index is 1.71. The van der Waals surface area contributed by atoms with E-state index < -0.39 is 24.4 Å². The first-order valence-corrected chi connectivity index (χ1v) is 11.0. The van der Waals surface area contributed by atoms with Crippen LogP contribution in [0.4, 0.5) is 16.2 Å². The molecule has 0 fully saturated rings. The molecule has 1 aliphatic rings. The SMILES string of the molecule is O=C(Nc1ccc(Cl)cc1)NC1N=C(c2ccccc2)c2ccccc2N(CCC(O)O)C1=O. The number of aliphatic hydroxyl groups is 2. The van der Waals surface area contributed by atoms with Crippen molar-refractivity contribution in [1.82, 2.24) is 5.32 Å². The summed E-state index contributed by atoms with van der Waals surface area (Å²) >= 11 is 5.90. The van der Waals surface area contributed by atoms with Crippen LogP contribution in [0.15, 0.2) is 83.9 Å². The van der Waals surface area contributed by atoms with E-state index >= 15 is 0 Å². The van der Waals surface area contributed by atoms with Gasteiger partial charge in [-0.05, 0) is 30.3 Å². The zero-order valence-electron chi connectivity index (χ0n) is 18.1.